The molecule has 3 aromatic rings. The fourth-order valence-electron chi connectivity index (χ4n) is 1.84. The van der Waals surface area contributed by atoms with Crippen molar-refractivity contribution in [2.45, 2.75) is 6.36 Å². The predicted molar refractivity (Wildman–Crippen MR) is 74.7 cm³/mol. The van der Waals surface area contributed by atoms with Crippen LogP contribution in [0.2, 0.25) is 5.15 Å². The molecule has 0 amide bonds. The summed E-state index contributed by atoms with van der Waals surface area (Å²) in [6.07, 6.45) is -3.38. The molecule has 23 heavy (non-hydrogen) atoms. The molecule has 0 unspecified atom stereocenters. The standard InChI is InChI=1S/C14H7ClF3N3O2/c15-11-7-8(5-6-19-11)12-20-21-13(22-12)9-3-1-2-4-10(9)23-14(16,17)18/h1-7H. The molecule has 0 saturated carbocycles. The second kappa shape index (κ2) is 5.88. The number of para-hydroxylation sites is 1. The Hall–Kier alpha value is -2.61. The Balaban J connectivity index is 1.98. The second-order valence-corrected chi connectivity index (χ2v) is 4.71. The molecule has 1 aromatic carbocycles. The van der Waals surface area contributed by atoms with Gasteiger partial charge in [-0.1, -0.05) is 23.7 Å². The summed E-state index contributed by atoms with van der Waals surface area (Å²) in [5.74, 6) is -0.429. The Morgan fingerprint density at radius 2 is 1.78 bits per heavy atom. The summed E-state index contributed by atoms with van der Waals surface area (Å²) in [5.41, 5.74) is 0.529. The van der Waals surface area contributed by atoms with Gasteiger partial charge in [0.1, 0.15) is 10.9 Å². The molecule has 2 heterocycles. The van der Waals surface area contributed by atoms with Crippen LogP contribution in [-0.2, 0) is 0 Å². The van der Waals surface area contributed by atoms with E-state index in [0.717, 1.165) is 6.07 Å². The van der Waals surface area contributed by atoms with Crippen molar-refractivity contribution in [2.24, 2.45) is 0 Å². The van der Waals surface area contributed by atoms with E-state index in [9.17, 15) is 13.2 Å². The Labute approximate surface area is 132 Å². The van der Waals surface area contributed by atoms with Crippen molar-refractivity contribution < 1.29 is 22.3 Å². The Morgan fingerprint density at radius 3 is 2.52 bits per heavy atom. The number of ether oxygens (including phenoxy) is 1. The quantitative estimate of drug-likeness (QED) is 0.663. The van der Waals surface area contributed by atoms with Crippen LogP contribution in [0.4, 0.5) is 13.2 Å². The summed E-state index contributed by atoms with van der Waals surface area (Å²) >= 11 is 5.77. The molecule has 0 aliphatic heterocycles. The van der Waals surface area contributed by atoms with Crippen LogP contribution in [0.3, 0.4) is 0 Å². The highest BCUT2D eigenvalue weighted by Gasteiger charge is 2.32. The summed E-state index contributed by atoms with van der Waals surface area (Å²) in [6, 6.07) is 8.57. The van der Waals surface area contributed by atoms with E-state index >= 15 is 0 Å². The number of rotatable bonds is 3. The maximum atomic E-state index is 12.4. The molecule has 0 aliphatic carbocycles. The zero-order chi connectivity index (χ0) is 16.4. The zero-order valence-corrected chi connectivity index (χ0v) is 12.0. The van der Waals surface area contributed by atoms with E-state index in [-0.39, 0.29) is 22.5 Å². The summed E-state index contributed by atoms with van der Waals surface area (Å²) in [7, 11) is 0. The highest BCUT2D eigenvalue weighted by Crippen LogP contribution is 2.34. The van der Waals surface area contributed by atoms with Crippen LogP contribution in [0.1, 0.15) is 0 Å². The van der Waals surface area contributed by atoms with Gasteiger partial charge in [-0.15, -0.1) is 23.4 Å². The summed E-state index contributed by atoms with van der Waals surface area (Å²) in [6.45, 7) is 0. The van der Waals surface area contributed by atoms with E-state index in [1.165, 1.54) is 30.5 Å². The molecule has 0 aliphatic rings. The molecule has 0 spiro atoms. The lowest BCUT2D eigenvalue weighted by molar-refractivity contribution is -0.274. The average molecular weight is 342 g/mol. The molecule has 0 saturated heterocycles. The van der Waals surface area contributed by atoms with Gasteiger partial charge in [0.05, 0.1) is 5.56 Å². The van der Waals surface area contributed by atoms with Gasteiger partial charge < -0.3 is 9.15 Å². The van der Waals surface area contributed by atoms with Crippen molar-refractivity contribution in [2.75, 3.05) is 0 Å². The number of benzene rings is 1. The molecular weight excluding hydrogens is 335 g/mol. The van der Waals surface area contributed by atoms with E-state index in [0.29, 0.717) is 5.56 Å². The molecule has 5 nitrogen and oxygen atoms in total. The van der Waals surface area contributed by atoms with Crippen molar-refractivity contribution in [3.05, 3.63) is 47.7 Å². The predicted octanol–water partition coefficient (Wildman–Crippen LogP) is 4.35. The first-order valence-electron chi connectivity index (χ1n) is 6.23. The van der Waals surface area contributed by atoms with Gasteiger partial charge in [0.25, 0.3) is 5.89 Å². The first-order valence-corrected chi connectivity index (χ1v) is 6.61. The van der Waals surface area contributed by atoms with Gasteiger partial charge in [-0.3, -0.25) is 0 Å². The minimum absolute atomic E-state index is 0.0312. The van der Waals surface area contributed by atoms with Crippen molar-refractivity contribution >= 4 is 11.6 Å². The molecule has 0 bridgehead atoms. The maximum absolute atomic E-state index is 12.4. The number of nitrogens with zero attached hydrogens (tertiary/aromatic N) is 3. The van der Waals surface area contributed by atoms with Crippen LogP contribution in [0, 0.1) is 0 Å². The van der Waals surface area contributed by atoms with Crippen LogP contribution >= 0.6 is 11.6 Å². The lowest BCUT2D eigenvalue weighted by Gasteiger charge is -2.10. The number of pyridine rings is 1. The average Bonchev–Trinajstić information content (AvgIpc) is 2.96. The molecule has 118 valence electrons. The molecule has 9 heteroatoms. The number of hydrogen-bond donors (Lipinski definition) is 0. The highest BCUT2D eigenvalue weighted by atomic mass is 35.5. The van der Waals surface area contributed by atoms with E-state index in [1.807, 2.05) is 0 Å². The smallest absolute Gasteiger partial charge is 0.416 e. The minimum Gasteiger partial charge on any atom is -0.416 e. The molecular formula is C14H7ClF3N3O2. The van der Waals surface area contributed by atoms with E-state index in [2.05, 4.69) is 19.9 Å². The second-order valence-electron chi connectivity index (χ2n) is 4.32. The van der Waals surface area contributed by atoms with Crippen molar-refractivity contribution in [3.63, 3.8) is 0 Å². The third-order valence-electron chi connectivity index (χ3n) is 2.74. The third kappa shape index (κ3) is 3.59. The lowest BCUT2D eigenvalue weighted by atomic mass is 10.2. The molecule has 0 atom stereocenters. The number of alkyl halides is 3. The van der Waals surface area contributed by atoms with Gasteiger partial charge in [-0.2, -0.15) is 0 Å². The first-order chi connectivity index (χ1) is 10.9. The molecule has 0 fully saturated rings. The van der Waals surface area contributed by atoms with Gasteiger partial charge in [0.15, 0.2) is 0 Å². The normalized spacial score (nSPS) is 11.5. The van der Waals surface area contributed by atoms with E-state index < -0.39 is 12.1 Å². The minimum atomic E-state index is -4.82. The summed E-state index contributed by atoms with van der Waals surface area (Å²) in [4.78, 5) is 3.82. The summed E-state index contributed by atoms with van der Waals surface area (Å²) < 4.78 is 46.7. The fraction of sp³-hybridized carbons (Fsp3) is 0.0714. The fourth-order valence-corrected chi connectivity index (χ4v) is 2.02. The van der Waals surface area contributed by atoms with Crippen LogP contribution < -0.4 is 4.74 Å². The maximum Gasteiger partial charge on any atom is 0.573 e. The molecule has 2 aromatic heterocycles. The SMILES string of the molecule is FC(F)(F)Oc1ccccc1-c1nnc(-c2ccnc(Cl)c2)o1. The Morgan fingerprint density at radius 1 is 1.04 bits per heavy atom. The monoisotopic (exact) mass is 341 g/mol. The van der Waals surface area contributed by atoms with Gasteiger partial charge >= 0.3 is 6.36 Å². The van der Waals surface area contributed by atoms with Crippen LogP contribution in [-0.4, -0.2) is 21.5 Å². The number of aromatic nitrogens is 3. The van der Waals surface area contributed by atoms with E-state index in [1.54, 1.807) is 6.07 Å². The van der Waals surface area contributed by atoms with Crippen molar-refractivity contribution in [1.82, 2.24) is 15.2 Å². The number of halogens is 4. The van der Waals surface area contributed by atoms with E-state index in [4.69, 9.17) is 16.0 Å². The highest BCUT2D eigenvalue weighted by molar-refractivity contribution is 6.29. The van der Waals surface area contributed by atoms with Gasteiger partial charge in [-0.25, -0.2) is 4.98 Å². The first kappa shape index (κ1) is 15.3. The largest absolute Gasteiger partial charge is 0.573 e. The van der Waals surface area contributed by atoms with Crippen LogP contribution in [0.15, 0.2) is 47.0 Å². The van der Waals surface area contributed by atoms with Gasteiger partial charge in [-0.05, 0) is 24.3 Å². The van der Waals surface area contributed by atoms with Crippen LogP contribution in [0.25, 0.3) is 22.9 Å². The van der Waals surface area contributed by atoms with Crippen molar-refractivity contribution in [1.29, 1.82) is 0 Å². The van der Waals surface area contributed by atoms with Crippen LogP contribution in [0.5, 0.6) is 5.75 Å². The van der Waals surface area contributed by atoms with Gasteiger partial charge in [0.2, 0.25) is 5.89 Å². The topological polar surface area (TPSA) is 61.0 Å². The number of hydrogen-bond acceptors (Lipinski definition) is 5. The third-order valence-corrected chi connectivity index (χ3v) is 2.95. The molecule has 3 rings (SSSR count). The van der Waals surface area contributed by atoms with Crippen molar-refractivity contribution in [3.8, 4) is 28.7 Å². The van der Waals surface area contributed by atoms with Gasteiger partial charge in [0, 0.05) is 11.8 Å². The zero-order valence-electron chi connectivity index (χ0n) is 11.2. The summed E-state index contributed by atoms with van der Waals surface area (Å²) in [5, 5.41) is 7.78. The molecule has 0 radical (unpaired) electrons. The Kier molecular flexibility index (Phi) is 3.91. The Bertz CT molecular complexity index is 836. The molecule has 0 N–H and O–H groups in total. The lowest BCUT2D eigenvalue weighted by Crippen LogP contribution is -2.17.